The molecule has 4 heteroatoms. The molecule has 0 saturated carbocycles. The van der Waals surface area contributed by atoms with Crippen molar-refractivity contribution >= 4 is 17.6 Å². The monoisotopic (exact) mass is 318 g/mol. The Labute approximate surface area is 135 Å². The molecule has 0 amide bonds. The summed E-state index contributed by atoms with van der Waals surface area (Å²) >= 11 is 5.84. The van der Waals surface area contributed by atoms with Crippen molar-refractivity contribution in [3.05, 3.63) is 64.2 Å². The Bertz CT molecular complexity index is 650. The Balaban J connectivity index is 2.02. The molecule has 1 N–H and O–H groups in total. The lowest BCUT2D eigenvalue weighted by Gasteiger charge is -2.15. The summed E-state index contributed by atoms with van der Waals surface area (Å²) in [7, 11) is 0. The number of aryl methyl sites for hydroxylation is 2. The van der Waals surface area contributed by atoms with Crippen LogP contribution in [-0.2, 0) is 4.79 Å². The fourth-order valence-corrected chi connectivity index (χ4v) is 2.40. The highest BCUT2D eigenvalue weighted by Crippen LogP contribution is 2.24. The summed E-state index contributed by atoms with van der Waals surface area (Å²) in [5.41, 5.74) is 2.90. The van der Waals surface area contributed by atoms with Crippen molar-refractivity contribution in [2.45, 2.75) is 26.2 Å². The summed E-state index contributed by atoms with van der Waals surface area (Å²) < 4.78 is 5.75. The predicted molar refractivity (Wildman–Crippen MR) is 87.9 cm³/mol. The first-order valence-electron chi connectivity index (χ1n) is 7.15. The van der Waals surface area contributed by atoms with E-state index < -0.39 is 11.9 Å². The molecule has 2 aromatic rings. The molecular formula is C18H19ClO3. The van der Waals surface area contributed by atoms with Crippen LogP contribution >= 0.6 is 11.6 Å². The van der Waals surface area contributed by atoms with Crippen molar-refractivity contribution < 1.29 is 14.6 Å². The first-order valence-corrected chi connectivity index (χ1v) is 7.53. The summed E-state index contributed by atoms with van der Waals surface area (Å²) in [6, 6.07) is 12.9. The SMILES string of the molecule is Cc1ccc(C)c(OCCC(C(=O)O)c2ccc(Cl)cc2)c1. The molecule has 116 valence electrons. The molecule has 1 unspecified atom stereocenters. The Morgan fingerprint density at radius 2 is 1.86 bits per heavy atom. The third-order valence-corrected chi connectivity index (χ3v) is 3.83. The number of aliphatic carboxylic acids is 1. The molecule has 2 rings (SSSR count). The second kappa shape index (κ2) is 7.32. The molecule has 0 heterocycles. The molecule has 0 aliphatic rings. The zero-order valence-corrected chi connectivity index (χ0v) is 13.4. The van der Waals surface area contributed by atoms with Gasteiger partial charge in [-0.1, -0.05) is 35.9 Å². The van der Waals surface area contributed by atoms with Gasteiger partial charge in [-0.15, -0.1) is 0 Å². The zero-order chi connectivity index (χ0) is 16.1. The molecule has 0 aromatic heterocycles. The Morgan fingerprint density at radius 1 is 1.18 bits per heavy atom. The van der Waals surface area contributed by atoms with Gasteiger partial charge < -0.3 is 9.84 Å². The normalized spacial score (nSPS) is 12.0. The van der Waals surface area contributed by atoms with Crippen molar-refractivity contribution in [2.24, 2.45) is 0 Å². The Hall–Kier alpha value is -2.00. The molecule has 22 heavy (non-hydrogen) atoms. The predicted octanol–water partition coefficient (Wildman–Crippen LogP) is 4.59. The average molecular weight is 319 g/mol. The lowest BCUT2D eigenvalue weighted by molar-refractivity contribution is -0.139. The lowest BCUT2D eigenvalue weighted by atomic mass is 9.96. The molecule has 2 aromatic carbocycles. The second-order valence-corrected chi connectivity index (χ2v) is 5.78. The van der Waals surface area contributed by atoms with Crippen LogP contribution in [0.15, 0.2) is 42.5 Å². The maximum Gasteiger partial charge on any atom is 0.311 e. The highest BCUT2D eigenvalue weighted by Gasteiger charge is 2.19. The fraction of sp³-hybridized carbons (Fsp3) is 0.278. The minimum absolute atomic E-state index is 0.351. The van der Waals surface area contributed by atoms with E-state index in [1.807, 2.05) is 32.0 Å². The highest BCUT2D eigenvalue weighted by molar-refractivity contribution is 6.30. The molecule has 0 radical (unpaired) electrons. The molecule has 0 fully saturated rings. The van der Waals surface area contributed by atoms with Crippen LogP contribution in [0.3, 0.4) is 0 Å². The van der Waals surface area contributed by atoms with E-state index in [2.05, 4.69) is 0 Å². The molecule has 3 nitrogen and oxygen atoms in total. The van der Waals surface area contributed by atoms with Crippen molar-refractivity contribution in [3.8, 4) is 5.75 Å². The van der Waals surface area contributed by atoms with Crippen molar-refractivity contribution in [1.29, 1.82) is 0 Å². The van der Waals surface area contributed by atoms with Gasteiger partial charge in [0.1, 0.15) is 5.75 Å². The van der Waals surface area contributed by atoms with Crippen LogP contribution in [0.4, 0.5) is 0 Å². The number of halogens is 1. The van der Waals surface area contributed by atoms with Gasteiger partial charge in [-0.25, -0.2) is 0 Å². The molecule has 0 saturated heterocycles. The van der Waals surface area contributed by atoms with Gasteiger partial charge in [0.25, 0.3) is 0 Å². The van der Waals surface area contributed by atoms with Crippen molar-refractivity contribution in [2.75, 3.05) is 6.61 Å². The van der Waals surface area contributed by atoms with E-state index in [0.29, 0.717) is 18.1 Å². The summed E-state index contributed by atoms with van der Waals surface area (Å²) in [4.78, 5) is 11.5. The van der Waals surface area contributed by atoms with Gasteiger partial charge in [-0.3, -0.25) is 4.79 Å². The Morgan fingerprint density at radius 3 is 2.50 bits per heavy atom. The number of rotatable bonds is 6. The van der Waals surface area contributed by atoms with Gasteiger partial charge >= 0.3 is 5.97 Å². The number of carboxylic acid groups (broad SMARTS) is 1. The van der Waals surface area contributed by atoms with E-state index >= 15 is 0 Å². The molecule has 0 bridgehead atoms. The summed E-state index contributed by atoms with van der Waals surface area (Å²) in [5, 5.41) is 10.0. The van der Waals surface area contributed by atoms with Gasteiger partial charge in [0.05, 0.1) is 12.5 Å². The third-order valence-electron chi connectivity index (χ3n) is 3.58. The van der Waals surface area contributed by atoms with Crippen LogP contribution in [0.5, 0.6) is 5.75 Å². The van der Waals surface area contributed by atoms with Crippen LogP contribution in [-0.4, -0.2) is 17.7 Å². The van der Waals surface area contributed by atoms with Crippen LogP contribution < -0.4 is 4.74 Å². The number of carboxylic acids is 1. The summed E-state index contributed by atoms with van der Waals surface area (Å²) in [6.45, 7) is 4.33. The standard InChI is InChI=1S/C18H19ClO3/c1-12-3-4-13(2)17(11-12)22-10-9-16(18(20)21)14-5-7-15(19)8-6-14/h3-8,11,16H,9-10H2,1-2H3,(H,20,21). The molecule has 0 spiro atoms. The van der Waals surface area contributed by atoms with E-state index in [1.165, 1.54) is 0 Å². The third kappa shape index (κ3) is 4.25. The van der Waals surface area contributed by atoms with Crippen LogP contribution in [0.2, 0.25) is 5.02 Å². The fourth-order valence-electron chi connectivity index (χ4n) is 2.28. The van der Waals surface area contributed by atoms with Crippen LogP contribution in [0.1, 0.15) is 29.0 Å². The van der Waals surface area contributed by atoms with Gasteiger partial charge in [-0.05, 0) is 55.2 Å². The van der Waals surface area contributed by atoms with Gasteiger partial charge in [-0.2, -0.15) is 0 Å². The van der Waals surface area contributed by atoms with E-state index in [-0.39, 0.29) is 0 Å². The maximum atomic E-state index is 11.5. The minimum Gasteiger partial charge on any atom is -0.493 e. The van der Waals surface area contributed by atoms with Gasteiger partial charge in [0, 0.05) is 5.02 Å². The number of hydrogen-bond donors (Lipinski definition) is 1. The summed E-state index contributed by atoms with van der Waals surface area (Å²) in [5.74, 6) is -0.644. The quantitative estimate of drug-likeness (QED) is 0.847. The number of ether oxygens (including phenoxy) is 1. The van der Waals surface area contributed by atoms with Crippen LogP contribution in [0.25, 0.3) is 0 Å². The zero-order valence-electron chi connectivity index (χ0n) is 12.7. The van der Waals surface area contributed by atoms with E-state index in [1.54, 1.807) is 24.3 Å². The largest absolute Gasteiger partial charge is 0.493 e. The van der Waals surface area contributed by atoms with E-state index in [9.17, 15) is 9.90 Å². The first kappa shape index (κ1) is 16.4. The first-order chi connectivity index (χ1) is 10.5. The van der Waals surface area contributed by atoms with E-state index in [4.69, 9.17) is 16.3 Å². The maximum absolute atomic E-state index is 11.5. The minimum atomic E-state index is -0.855. The molecule has 1 atom stereocenters. The molecule has 0 aliphatic carbocycles. The van der Waals surface area contributed by atoms with Crippen molar-refractivity contribution in [1.82, 2.24) is 0 Å². The smallest absolute Gasteiger partial charge is 0.311 e. The Kier molecular flexibility index (Phi) is 5.45. The molecule has 0 aliphatic heterocycles. The number of benzene rings is 2. The lowest BCUT2D eigenvalue weighted by Crippen LogP contribution is -2.15. The van der Waals surface area contributed by atoms with Gasteiger partial charge in [0.15, 0.2) is 0 Å². The number of carbonyl (C=O) groups is 1. The molecular weight excluding hydrogens is 300 g/mol. The van der Waals surface area contributed by atoms with Crippen LogP contribution in [0, 0.1) is 13.8 Å². The summed E-state index contributed by atoms with van der Waals surface area (Å²) in [6.07, 6.45) is 0.407. The van der Waals surface area contributed by atoms with Gasteiger partial charge in [0.2, 0.25) is 0 Å². The van der Waals surface area contributed by atoms with Crippen molar-refractivity contribution in [3.63, 3.8) is 0 Å². The second-order valence-electron chi connectivity index (χ2n) is 5.35. The topological polar surface area (TPSA) is 46.5 Å². The van der Waals surface area contributed by atoms with E-state index in [0.717, 1.165) is 22.4 Å². The highest BCUT2D eigenvalue weighted by atomic mass is 35.5. The number of hydrogen-bond acceptors (Lipinski definition) is 2. The average Bonchev–Trinajstić information content (AvgIpc) is 2.48.